The molecule has 0 radical (unpaired) electrons. The SMILES string of the molecule is N#Cc1ccccc1Nc1nc(Nc2ccccc2)cc(-c2ccccc2)n1. The molecule has 0 bridgehead atoms. The van der Waals surface area contributed by atoms with Gasteiger partial charge >= 0.3 is 0 Å². The third-order valence-corrected chi connectivity index (χ3v) is 4.14. The number of nitriles is 1. The number of nitrogens with one attached hydrogen (secondary N) is 2. The standard InChI is InChI=1S/C23H17N5/c24-16-18-11-7-8-14-20(18)26-23-27-21(17-9-3-1-4-10-17)15-22(28-23)25-19-12-5-2-6-13-19/h1-15H,(H2,25,26,27,28). The lowest BCUT2D eigenvalue weighted by molar-refractivity contribution is 1.17. The molecule has 0 amide bonds. The van der Waals surface area contributed by atoms with E-state index in [1.165, 1.54) is 0 Å². The molecule has 0 aliphatic rings. The van der Waals surface area contributed by atoms with Gasteiger partial charge in [-0.1, -0.05) is 60.7 Å². The average molecular weight is 363 g/mol. The fraction of sp³-hybridized carbons (Fsp3) is 0. The van der Waals surface area contributed by atoms with Crippen LogP contribution in [-0.4, -0.2) is 9.97 Å². The molecule has 4 rings (SSSR count). The molecule has 0 aliphatic heterocycles. The predicted molar refractivity (Wildman–Crippen MR) is 112 cm³/mol. The van der Waals surface area contributed by atoms with Crippen molar-refractivity contribution in [1.29, 1.82) is 5.26 Å². The third-order valence-electron chi connectivity index (χ3n) is 4.14. The Kier molecular flexibility index (Phi) is 4.94. The van der Waals surface area contributed by atoms with E-state index in [1.807, 2.05) is 84.9 Å². The maximum Gasteiger partial charge on any atom is 0.229 e. The summed E-state index contributed by atoms with van der Waals surface area (Å²) in [4.78, 5) is 9.23. The van der Waals surface area contributed by atoms with Gasteiger partial charge in [-0.05, 0) is 24.3 Å². The summed E-state index contributed by atoms with van der Waals surface area (Å²) in [7, 11) is 0. The van der Waals surface area contributed by atoms with Gasteiger partial charge in [-0.3, -0.25) is 0 Å². The van der Waals surface area contributed by atoms with Crippen LogP contribution in [0.5, 0.6) is 0 Å². The molecule has 0 fully saturated rings. The Morgan fingerprint density at radius 1 is 0.714 bits per heavy atom. The molecule has 0 saturated heterocycles. The van der Waals surface area contributed by atoms with Crippen molar-refractivity contribution in [2.24, 2.45) is 0 Å². The van der Waals surface area contributed by atoms with Crippen molar-refractivity contribution in [3.8, 4) is 17.3 Å². The summed E-state index contributed by atoms with van der Waals surface area (Å²) in [5.41, 5.74) is 3.90. The fourth-order valence-electron chi connectivity index (χ4n) is 2.80. The molecule has 0 unspecified atom stereocenters. The number of nitrogens with zero attached hydrogens (tertiary/aromatic N) is 3. The highest BCUT2D eigenvalue weighted by Gasteiger charge is 2.09. The molecule has 1 heterocycles. The van der Waals surface area contributed by atoms with E-state index in [9.17, 15) is 5.26 Å². The highest BCUT2D eigenvalue weighted by atomic mass is 15.1. The molecule has 2 N–H and O–H groups in total. The summed E-state index contributed by atoms with van der Waals surface area (Å²) in [5.74, 6) is 1.08. The van der Waals surface area contributed by atoms with E-state index < -0.39 is 0 Å². The molecule has 5 nitrogen and oxygen atoms in total. The van der Waals surface area contributed by atoms with Crippen LogP contribution in [0.3, 0.4) is 0 Å². The zero-order valence-corrected chi connectivity index (χ0v) is 15.0. The van der Waals surface area contributed by atoms with E-state index in [4.69, 9.17) is 0 Å². The molecule has 4 aromatic rings. The second-order valence-corrected chi connectivity index (χ2v) is 6.10. The number of aromatic nitrogens is 2. The molecule has 3 aromatic carbocycles. The van der Waals surface area contributed by atoms with Crippen molar-refractivity contribution >= 4 is 23.1 Å². The van der Waals surface area contributed by atoms with Crippen LogP contribution in [0.2, 0.25) is 0 Å². The van der Waals surface area contributed by atoms with Gasteiger partial charge in [0.1, 0.15) is 11.9 Å². The van der Waals surface area contributed by atoms with E-state index in [0.29, 0.717) is 23.0 Å². The van der Waals surface area contributed by atoms with Gasteiger partial charge in [0.2, 0.25) is 5.95 Å². The lowest BCUT2D eigenvalue weighted by Gasteiger charge is -2.12. The normalized spacial score (nSPS) is 10.1. The van der Waals surface area contributed by atoms with E-state index in [1.54, 1.807) is 6.07 Å². The molecule has 1 aromatic heterocycles. The molecule has 28 heavy (non-hydrogen) atoms. The van der Waals surface area contributed by atoms with Crippen molar-refractivity contribution in [2.75, 3.05) is 10.6 Å². The Hall–Kier alpha value is -4.17. The van der Waals surface area contributed by atoms with Gasteiger partial charge in [-0.2, -0.15) is 10.2 Å². The van der Waals surface area contributed by atoms with E-state index in [-0.39, 0.29) is 0 Å². The molecule has 134 valence electrons. The van der Waals surface area contributed by atoms with Gasteiger partial charge in [0.25, 0.3) is 0 Å². The van der Waals surface area contributed by atoms with E-state index in [0.717, 1.165) is 16.9 Å². The molecule has 0 atom stereocenters. The first-order chi connectivity index (χ1) is 13.8. The summed E-state index contributed by atoms with van der Waals surface area (Å²) in [5, 5.41) is 15.8. The zero-order valence-electron chi connectivity index (χ0n) is 15.0. The molecule has 5 heteroatoms. The van der Waals surface area contributed by atoms with Crippen LogP contribution in [0, 0.1) is 11.3 Å². The average Bonchev–Trinajstić information content (AvgIpc) is 2.75. The maximum atomic E-state index is 9.34. The second kappa shape index (κ2) is 8.02. The first-order valence-electron chi connectivity index (χ1n) is 8.84. The summed E-state index contributed by atoms with van der Waals surface area (Å²) in [6, 6.07) is 31.1. The fourth-order valence-corrected chi connectivity index (χ4v) is 2.80. The summed E-state index contributed by atoms with van der Waals surface area (Å²) < 4.78 is 0. The van der Waals surface area contributed by atoms with Crippen LogP contribution in [0.15, 0.2) is 91.0 Å². The van der Waals surface area contributed by atoms with Crippen LogP contribution in [0.1, 0.15) is 5.56 Å². The minimum atomic E-state index is 0.419. The Morgan fingerprint density at radius 2 is 1.39 bits per heavy atom. The quantitative estimate of drug-likeness (QED) is 0.489. The predicted octanol–water partition coefficient (Wildman–Crippen LogP) is 5.50. The van der Waals surface area contributed by atoms with Gasteiger partial charge in [-0.25, -0.2) is 4.98 Å². The summed E-state index contributed by atoms with van der Waals surface area (Å²) in [6.45, 7) is 0. The van der Waals surface area contributed by atoms with Gasteiger partial charge in [0.15, 0.2) is 0 Å². The van der Waals surface area contributed by atoms with Crippen molar-refractivity contribution < 1.29 is 0 Å². The molecular weight excluding hydrogens is 346 g/mol. The largest absolute Gasteiger partial charge is 0.340 e. The molecular formula is C23H17N5. The molecule has 0 saturated carbocycles. The topological polar surface area (TPSA) is 73.6 Å². The lowest BCUT2D eigenvalue weighted by Crippen LogP contribution is -2.03. The van der Waals surface area contributed by atoms with E-state index >= 15 is 0 Å². The van der Waals surface area contributed by atoms with Crippen LogP contribution in [0.4, 0.5) is 23.1 Å². The van der Waals surface area contributed by atoms with Gasteiger partial charge in [0, 0.05) is 17.3 Å². The van der Waals surface area contributed by atoms with Crippen molar-refractivity contribution in [2.45, 2.75) is 0 Å². The van der Waals surface area contributed by atoms with Crippen LogP contribution >= 0.6 is 0 Å². The molecule has 0 spiro atoms. The lowest BCUT2D eigenvalue weighted by atomic mass is 10.1. The number of benzene rings is 3. The monoisotopic (exact) mass is 363 g/mol. The Morgan fingerprint density at radius 3 is 2.14 bits per heavy atom. The van der Waals surface area contributed by atoms with Gasteiger partial charge in [-0.15, -0.1) is 0 Å². The first-order valence-corrected chi connectivity index (χ1v) is 8.84. The first kappa shape index (κ1) is 17.3. The van der Waals surface area contributed by atoms with Crippen molar-refractivity contribution in [3.05, 3.63) is 96.6 Å². The highest BCUT2D eigenvalue weighted by Crippen LogP contribution is 2.25. The number of hydrogen-bond donors (Lipinski definition) is 2. The van der Waals surface area contributed by atoms with Crippen LogP contribution in [-0.2, 0) is 0 Å². The minimum Gasteiger partial charge on any atom is -0.340 e. The number of rotatable bonds is 5. The zero-order chi connectivity index (χ0) is 19.2. The Bertz CT molecular complexity index is 1120. The van der Waals surface area contributed by atoms with Crippen LogP contribution < -0.4 is 10.6 Å². The number of hydrogen-bond acceptors (Lipinski definition) is 5. The third kappa shape index (κ3) is 3.97. The van der Waals surface area contributed by atoms with Gasteiger partial charge in [0.05, 0.1) is 16.9 Å². The smallest absolute Gasteiger partial charge is 0.229 e. The number of para-hydroxylation sites is 2. The van der Waals surface area contributed by atoms with Crippen molar-refractivity contribution in [1.82, 2.24) is 9.97 Å². The second-order valence-electron chi connectivity index (χ2n) is 6.10. The minimum absolute atomic E-state index is 0.419. The Labute approximate surface area is 163 Å². The van der Waals surface area contributed by atoms with Crippen molar-refractivity contribution in [3.63, 3.8) is 0 Å². The molecule has 0 aliphatic carbocycles. The Balaban J connectivity index is 1.74. The maximum absolute atomic E-state index is 9.34. The summed E-state index contributed by atoms with van der Waals surface area (Å²) >= 11 is 0. The van der Waals surface area contributed by atoms with Gasteiger partial charge < -0.3 is 10.6 Å². The highest BCUT2D eigenvalue weighted by molar-refractivity contribution is 5.70. The van der Waals surface area contributed by atoms with Crippen LogP contribution in [0.25, 0.3) is 11.3 Å². The summed E-state index contributed by atoms with van der Waals surface area (Å²) in [6.07, 6.45) is 0. The number of anilines is 4. The van der Waals surface area contributed by atoms with E-state index in [2.05, 4.69) is 26.7 Å².